The number of aliphatic hydroxyl groups is 1. The Balaban J connectivity index is 3.75. The summed E-state index contributed by atoms with van der Waals surface area (Å²) < 4.78 is 0. The highest BCUT2D eigenvalue weighted by Crippen LogP contribution is 2.14. The third-order valence-corrected chi connectivity index (χ3v) is 3.16. The number of rotatable bonds is 8. The molecule has 0 rings (SSSR count). The molecule has 0 aromatic heterocycles. The van der Waals surface area contributed by atoms with Crippen molar-refractivity contribution < 1.29 is 15.0 Å². The monoisotopic (exact) mass is 221 g/mol. The molecule has 84 valence electrons. The largest absolute Gasteiger partial charge is 0.480 e. The highest BCUT2D eigenvalue weighted by molar-refractivity contribution is 7.99. The molecule has 5 heteroatoms. The Kier molecular flexibility index (Phi) is 7.93. The number of hydrogen-bond acceptors (Lipinski definition) is 4. The third-order valence-electron chi connectivity index (χ3n) is 1.83. The van der Waals surface area contributed by atoms with Crippen LogP contribution >= 0.6 is 11.8 Å². The number of aliphatic carboxylic acids is 1. The lowest BCUT2D eigenvalue weighted by molar-refractivity contribution is -0.138. The van der Waals surface area contributed by atoms with Crippen LogP contribution in [0.25, 0.3) is 0 Å². The number of carbonyl (C=O) groups is 1. The van der Waals surface area contributed by atoms with Crippen LogP contribution in [0.3, 0.4) is 0 Å². The molecule has 3 N–H and O–H groups in total. The maximum atomic E-state index is 10.7. The normalized spacial score (nSPS) is 15.1. The van der Waals surface area contributed by atoms with Crippen LogP contribution in [0.4, 0.5) is 0 Å². The molecule has 2 unspecified atom stereocenters. The molecular formula is C9H19NO3S. The fourth-order valence-electron chi connectivity index (χ4n) is 0.990. The summed E-state index contributed by atoms with van der Waals surface area (Å²) in [4.78, 5) is 10.7. The molecule has 0 aliphatic carbocycles. The van der Waals surface area contributed by atoms with Crippen LogP contribution in [0, 0.1) is 0 Å². The second-order valence-electron chi connectivity index (χ2n) is 3.10. The summed E-state index contributed by atoms with van der Waals surface area (Å²) in [7, 11) is 0. The molecule has 0 saturated heterocycles. The van der Waals surface area contributed by atoms with Gasteiger partial charge in [-0.05, 0) is 13.0 Å². The molecule has 0 heterocycles. The van der Waals surface area contributed by atoms with Gasteiger partial charge in [0.25, 0.3) is 0 Å². The van der Waals surface area contributed by atoms with Crippen LogP contribution in [0.2, 0.25) is 0 Å². The second kappa shape index (κ2) is 8.08. The van der Waals surface area contributed by atoms with Crippen LogP contribution in [0.5, 0.6) is 0 Å². The average molecular weight is 221 g/mol. The first-order valence-electron chi connectivity index (χ1n) is 4.80. The van der Waals surface area contributed by atoms with Crippen molar-refractivity contribution >= 4 is 17.7 Å². The first kappa shape index (κ1) is 13.7. The Labute approximate surface area is 89.1 Å². The van der Waals surface area contributed by atoms with Gasteiger partial charge >= 0.3 is 5.97 Å². The average Bonchev–Trinajstić information content (AvgIpc) is 2.12. The van der Waals surface area contributed by atoms with Crippen molar-refractivity contribution in [3.63, 3.8) is 0 Å². The molecule has 14 heavy (non-hydrogen) atoms. The fourth-order valence-corrected chi connectivity index (χ4v) is 2.04. The predicted molar refractivity (Wildman–Crippen MR) is 58.7 cm³/mol. The van der Waals surface area contributed by atoms with E-state index in [1.54, 1.807) is 11.8 Å². The van der Waals surface area contributed by atoms with E-state index in [1.807, 2.05) is 13.8 Å². The quantitative estimate of drug-likeness (QED) is 0.558. The molecule has 4 nitrogen and oxygen atoms in total. The van der Waals surface area contributed by atoms with Gasteiger partial charge in [-0.15, -0.1) is 0 Å². The van der Waals surface area contributed by atoms with Gasteiger partial charge < -0.3 is 15.5 Å². The summed E-state index contributed by atoms with van der Waals surface area (Å²) in [6, 6.07) is -0.480. The Bertz CT molecular complexity index is 166. The minimum Gasteiger partial charge on any atom is -0.480 e. The van der Waals surface area contributed by atoms with E-state index in [4.69, 9.17) is 10.2 Å². The molecule has 0 aromatic rings. The van der Waals surface area contributed by atoms with Gasteiger partial charge in [-0.3, -0.25) is 4.79 Å². The van der Waals surface area contributed by atoms with Crippen molar-refractivity contribution in [3.05, 3.63) is 0 Å². The minimum atomic E-state index is -0.810. The summed E-state index contributed by atoms with van der Waals surface area (Å²) in [6.07, 6.45) is 0.711. The third kappa shape index (κ3) is 6.23. The van der Waals surface area contributed by atoms with Crippen molar-refractivity contribution in [1.82, 2.24) is 5.32 Å². The van der Waals surface area contributed by atoms with E-state index in [-0.39, 0.29) is 6.61 Å². The van der Waals surface area contributed by atoms with Gasteiger partial charge in [0.05, 0.1) is 0 Å². The molecular weight excluding hydrogens is 202 g/mol. The van der Waals surface area contributed by atoms with E-state index in [0.29, 0.717) is 24.0 Å². The zero-order valence-electron chi connectivity index (χ0n) is 8.69. The van der Waals surface area contributed by atoms with Gasteiger partial charge in [-0.1, -0.05) is 13.8 Å². The van der Waals surface area contributed by atoms with E-state index < -0.39 is 12.0 Å². The van der Waals surface area contributed by atoms with Gasteiger partial charge in [-0.25, -0.2) is 0 Å². The predicted octanol–water partition coefficient (Wildman–Crippen LogP) is 0.553. The van der Waals surface area contributed by atoms with Crippen molar-refractivity contribution in [1.29, 1.82) is 0 Å². The molecule has 0 bridgehead atoms. The highest BCUT2D eigenvalue weighted by Gasteiger charge is 2.16. The molecule has 2 atom stereocenters. The van der Waals surface area contributed by atoms with Crippen LogP contribution in [0.15, 0.2) is 0 Å². The summed E-state index contributed by atoms with van der Waals surface area (Å²) in [5.41, 5.74) is 0. The number of aliphatic hydroxyl groups excluding tert-OH is 1. The van der Waals surface area contributed by atoms with E-state index in [9.17, 15) is 4.79 Å². The van der Waals surface area contributed by atoms with E-state index in [0.717, 1.165) is 0 Å². The smallest absolute Gasteiger partial charge is 0.321 e. The number of hydrogen-bond donors (Lipinski definition) is 3. The number of nitrogens with one attached hydrogen (secondary N) is 1. The van der Waals surface area contributed by atoms with Crippen molar-refractivity contribution in [2.24, 2.45) is 0 Å². The first-order chi connectivity index (χ1) is 6.61. The van der Waals surface area contributed by atoms with Gasteiger partial charge in [0, 0.05) is 17.6 Å². The maximum absolute atomic E-state index is 10.7. The Morgan fingerprint density at radius 3 is 2.64 bits per heavy atom. The lowest BCUT2D eigenvalue weighted by Crippen LogP contribution is -2.39. The van der Waals surface area contributed by atoms with Crippen molar-refractivity contribution in [3.8, 4) is 0 Å². The second-order valence-corrected chi connectivity index (χ2v) is 4.58. The topological polar surface area (TPSA) is 69.6 Å². The van der Waals surface area contributed by atoms with E-state index in [1.165, 1.54) is 0 Å². The fraction of sp³-hybridized carbons (Fsp3) is 0.889. The minimum absolute atomic E-state index is 0.160. The molecule has 0 fully saturated rings. The zero-order valence-corrected chi connectivity index (χ0v) is 9.51. The van der Waals surface area contributed by atoms with Crippen LogP contribution in [0.1, 0.15) is 20.3 Å². The SMILES string of the molecule is CCNC(CSC(C)CCO)C(=O)O. The maximum Gasteiger partial charge on any atom is 0.321 e. The molecule has 0 radical (unpaired) electrons. The van der Waals surface area contributed by atoms with Gasteiger partial charge in [-0.2, -0.15) is 11.8 Å². The van der Waals surface area contributed by atoms with Gasteiger partial charge in [0.2, 0.25) is 0 Å². The molecule has 0 spiro atoms. The first-order valence-corrected chi connectivity index (χ1v) is 5.85. The number of carboxylic acids is 1. The van der Waals surface area contributed by atoms with E-state index >= 15 is 0 Å². The molecule has 0 amide bonds. The van der Waals surface area contributed by atoms with Crippen molar-refractivity contribution in [2.75, 3.05) is 18.9 Å². The molecule has 0 saturated carbocycles. The van der Waals surface area contributed by atoms with Crippen LogP contribution in [-0.2, 0) is 4.79 Å². The summed E-state index contributed by atoms with van der Waals surface area (Å²) >= 11 is 1.57. The summed E-state index contributed by atoms with van der Waals surface area (Å²) in [5.74, 6) is -0.264. The van der Waals surface area contributed by atoms with Crippen LogP contribution in [-0.4, -0.2) is 46.4 Å². The lowest BCUT2D eigenvalue weighted by Gasteiger charge is -2.15. The Morgan fingerprint density at radius 2 is 2.21 bits per heavy atom. The highest BCUT2D eigenvalue weighted by atomic mass is 32.2. The Hall–Kier alpha value is -0.260. The number of thioether (sulfide) groups is 1. The van der Waals surface area contributed by atoms with Crippen LogP contribution < -0.4 is 5.32 Å². The summed E-state index contributed by atoms with van der Waals surface area (Å²) in [6.45, 7) is 4.70. The zero-order chi connectivity index (χ0) is 11.0. The molecule has 0 aliphatic heterocycles. The van der Waals surface area contributed by atoms with E-state index in [2.05, 4.69) is 5.32 Å². The molecule has 0 aromatic carbocycles. The standard InChI is InChI=1S/C9H19NO3S/c1-3-10-8(9(12)13)6-14-7(2)4-5-11/h7-8,10-11H,3-6H2,1-2H3,(H,12,13). The van der Waals surface area contributed by atoms with Crippen molar-refractivity contribution in [2.45, 2.75) is 31.6 Å². The number of carboxylic acid groups (broad SMARTS) is 1. The summed E-state index contributed by atoms with van der Waals surface area (Å²) in [5, 5.41) is 20.7. The molecule has 0 aliphatic rings. The van der Waals surface area contributed by atoms with Gasteiger partial charge in [0.15, 0.2) is 0 Å². The van der Waals surface area contributed by atoms with Gasteiger partial charge in [0.1, 0.15) is 6.04 Å². The lowest BCUT2D eigenvalue weighted by atomic mass is 10.3. The number of likely N-dealkylation sites (N-methyl/N-ethyl adjacent to an activating group) is 1. The Morgan fingerprint density at radius 1 is 1.57 bits per heavy atom.